The molecule has 0 unspecified atom stereocenters. The standard InChI is InChI=1S/C13H7BrF3N3/c14-9-5-4-8-7-18-20(10(8)6-9)12-3-1-2-11(19-12)13(15,16)17/h1-7H. The van der Waals surface area contributed by atoms with Crippen molar-refractivity contribution >= 4 is 26.8 Å². The third kappa shape index (κ3) is 2.29. The number of aromatic nitrogens is 3. The van der Waals surface area contributed by atoms with Gasteiger partial charge < -0.3 is 0 Å². The molecule has 0 N–H and O–H groups in total. The van der Waals surface area contributed by atoms with E-state index in [0.717, 1.165) is 15.9 Å². The minimum atomic E-state index is -4.47. The van der Waals surface area contributed by atoms with Crippen LogP contribution in [0, 0.1) is 0 Å². The van der Waals surface area contributed by atoms with Crippen molar-refractivity contribution in [2.45, 2.75) is 6.18 Å². The number of hydrogen-bond donors (Lipinski definition) is 0. The molecular weight excluding hydrogens is 335 g/mol. The summed E-state index contributed by atoms with van der Waals surface area (Å²) >= 11 is 3.33. The van der Waals surface area contributed by atoms with Crippen molar-refractivity contribution in [1.29, 1.82) is 0 Å². The minimum Gasteiger partial charge on any atom is -0.224 e. The number of halogens is 4. The first-order valence-electron chi connectivity index (χ1n) is 5.63. The zero-order chi connectivity index (χ0) is 14.3. The van der Waals surface area contributed by atoms with Crippen LogP contribution in [-0.4, -0.2) is 14.8 Å². The molecule has 0 fully saturated rings. The zero-order valence-electron chi connectivity index (χ0n) is 9.89. The summed E-state index contributed by atoms with van der Waals surface area (Å²) < 4.78 is 40.3. The number of pyridine rings is 1. The third-order valence-corrected chi connectivity index (χ3v) is 3.27. The normalized spacial score (nSPS) is 12.0. The Balaban J connectivity index is 2.18. The molecule has 3 aromatic rings. The lowest BCUT2D eigenvalue weighted by Gasteiger charge is -2.08. The van der Waals surface area contributed by atoms with E-state index in [2.05, 4.69) is 26.0 Å². The van der Waals surface area contributed by atoms with Crippen LogP contribution >= 0.6 is 15.9 Å². The molecule has 0 aliphatic carbocycles. The van der Waals surface area contributed by atoms with Gasteiger partial charge in [-0.3, -0.25) is 0 Å². The Kier molecular flexibility index (Phi) is 3.01. The van der Waals surface area contributed by atoms with E-state index in [1.165, 1.54) is 16.8 Å². The maximum absolute atomic E-state index is 12.7. The number of rotatable bonds is 1. The highest BCUT2D eigenvalue weighted by atomic mass is 79.9. The Labute approximate surface area is 120 Å². The van der Waals surface area contributed by atoms with Crippen LogP contribution in [0.15, 0.2) is 47.1 Å². The molecule has 7 heteroatoms. The van der Waals surface area contributed by atoms with Crippen LogP contribution in [0.5, 0.6) is 0 Å². The van der Waals surface area contributed by atoms with Crippen molar-refractivity contribution in [2.75, 3.05) is 0 Å². The Hall–Kier alpha value is -1.89. The maximum atomic E-state index is 12.7. The van der Waals surface area contributed by atoms with Gasteiger partial charge in [-0.25, -0.2) is 9.67 Å². The summed E-state index contributed by atoms with van der Waals surface area (Å²) in [4.78, 5) is 3.63. The van der Waals surface area contributed by atoms with Crippen LogP contribution in [0.2, 0.25) is 0 Å². The molecule has 0 radical (unpaired) electrons. The molecule has 3 nitrogen and oxygen atoms in total. The Morgan fingerprint density at radius 2 is 1.90 bits per heavy atom. The van der Waals surface area contributed by atoms with E-state index in [4.69, 9.17) is 0 Å². The fourth-order valence-corrected chi connectivity index (χ4v) is 2.22. The summed E-state index contributed by atoms with van der Waals surface area (Å²) in [6.07, 6.45) is -2.89. The number of nitrogens with zero attached hydrogens (tertiary/aromatic N) is 3. The van der Waals surface area contributed by atoms with Gasteiger partial charge in [0.15, 0.2) is 5.82 Å². The van der Waals surface area contributed by atoms with Gasteiger partial charge in [0, 0.05) is 9.86 Å². The van der Waals surface area contributed by atoms with Gasteiger partial charge in [-0.05, 0) is 24.3 Å². The molecule has 0 atom stereocenters. The van der Waals surface area contributed by atoms with Gasteiger partial charge in [0.05, 0.1) is 11.7 Å². The van der Waals surface area contributed by atoms with Gasteiger partial charge in [0.2, 0.25) is 0 Å². The van der Waals surface area contributed by atoms with Crippen LogP contribution in [0.4, 0.5) is 13.2 Å². The maximum Gasteiger partial charge on any atom is 0.433 e. The van der Waals surface area contributed by atoms with Crippen LogP contribution in [0.25, 0.3) is 16.7 Å². The summed E-state index contributed by atoms with van der Waals surface area (Å²) in [6, 6.07) is 9.19. The topological polar surface area (TPSA) is 30.7 Å². The monoisotopic (exact) mass is 341 g/mol. The highest BCUT2D eigenvalue weighted by molar-refractivity contribution is 9.10. The average Bonchev–Trinajstić information content (AvgIpc) is 2.81. The third-order valence-electron chi connectivity index (χ3n) is 2.77. The predicted octanol–water partition coefficient (Wildman–Crippen LogP) is 4.20. The van der Waals surface area contributed by atoms with E-state index in [0.29, 0.717) is 5.52 Å². The quantitative estimate of drug-likeness (QED) is 0.664. The summed E-state index contributed by atoms with van der Waals surface area (Å²) in [7, 11) is 0. The molecule has 0 aliphatic heterocycles. The molecular formula is C13H7BrF3N3. The molecule has 0 saturated carbocycles. The molecule has 0 saturated heterocycles. The van der Waals surface area contributed by atoms with Crippen molar-refractivity contribution in [3.63, 3.8) is 0 Å². The summed E-state index contributed by atoms with van der Waals surface area (Å²) in [6.45, 7) is 0. The fraction of sp³-hybridized carbons (Fsp3) is 0.0769. The van der Waals surface area contributed by atoms with E-state index >= 15 is 0 Å². The highest BCUT2D eigenvalue weighted by Gasteiger charge is 2.32. The number of alkyl halides is 3. The lowest BCUT2D eigenvalue weighted by molar-refractivity contribution is -0.141. The van der Waals surface area contributed by atoms with Crippen LogP contribution in [-0.2, 0) is 6.18 Å². The van der Waals surface area contributed by atoms with Crippen LogP contribution in [0.1, 0.15) is 5.69 Å². The number of fused-ring (bicyclic) bond motifs is 1. The van der Waals surface area contributed by atoms with Crippen molar-refractivity contribution in [3.05, 3.63) is 52.8 Å². The lowest BCUT2D eigenvalue weighted by Crippen LogP contribution is -2.10. The van der Waals surface area contributed by atoms with E-state index in [1.807, 2.05) is 12.1 Å². The van der Waals surface area contributed by atoms with E-state index in [9.17, 15) is 13.2 Å². The van der Waals surface area contributed by atoms with Crippen molar-refractivity contribution in [2.24, 2.45) is 0 Å². The highest BCUT2D eigenvalue weighted by Crippen LogP contribution is 2.28. The molecule has 1 aromatic carbocycles. The first-order valence-corrected chi connectivity index (χ1v) is 6.42. The van der Waals surface area contributed by atoms with Crippen molar-refractivity contribution < 1.29 is 13.2 Å². The summed E-state index contributed by atoms with van der Waals surface area (Å²) in [5, 5.41) is 4.92. The van der Waals surface area contributed by atoms with Gasteiger partial charge in [0.1, 0.15) is 5.69 Å². The first kappa shape index (κ1) is 13.1. The molecule has 2 heterocycles. The summed E-state index contributed by atoms with van der Waals surface area (Å²) in [5.74, 6) is 0.132. The van der Waals surface area contributed by atoms with Gasteiger partial charge >= 0.3 is 6.18 Å². The Bertz CT molecular complexity index is 780. The molecule has 3 rings (SSSR count). The van der Waals surface area contributed by atoms with E-state index < -0.39 is 11.9 Å². The van der Waals surface area contributed by atoms with Gasteiger partial charge in [-0.15, -0.1) is 0 Å². The second-order valence-electron chi connectivity index (χ2n) is 4.14. The SMILES string of the molecule is FC(F)(F)c1cccc(-n2ncc3ccc(Br)cc32)n1. The van der Waals surface area contributed by atoms with Gasteiger partial charge in [-0.1, -0.05) is 28.1 Å². The Morgan fingerprint density at radius 3 is 2.65 bits per heavy atom. The second-order valence-corrected chi connectivity index (χ2v) is 5.05. The Morgan fingerprint density at radius 1 is 1.10 bits per heavy atom. The van der Waals surface area contributed by atoms with Gasteiger partial charge in [0.25, 0.3) is 0 Å². The minimum absolute atomic E-state index is 0.132. The van der Waals surface area contributed by atoms with E-state index in [-0.39, 0.29) is 5.82 Å². The smallest absolute Gasteiger partial charge is 0.224 e. The number of hydrogen-bond acceptors (Lipinski definition) is 2. The summed E-state index contributed by atoms with van der Waals surface area (Å²) in [5.41, 5.74) is -0.250. The lowest BCUT2D eigenvalue weighted by atomic mass is 10.2. The molecule has 102 valence electrons. The zero-order valence-corrected chi connectivity index (χ0v) is 11.5. The first-order chi connectivity index (χ1) is 9.45. The fourth-order valence-electron chi connectivity index (χ4n) is 1.87. The largest absolute Gasteiger partial charge is 0.433 e. The van der Waals surface area contributed by atoms with Crippen molar-refractivity contribution in [1.82, 2.24) is 14.8 Å². The number of benzene rings is 1. The predicted molar refractivity (Wildman–Crippen MR) is 71.6 cm³/mol. The molecule has 0 spiro atoms. The van der Waals surface area contributed by atoms with Crippen LogP contribution < -0.4 is 0 Å². The van der Waals surface area contributed by atoms with Crippen molar-refractivity contribution in [3.8, 4) is 5.82 Å². The molecule has 2 aromatic heterocycles. The molecule has 0 aliphatic rings. The average molecular weight is 342 g/mol. The second kappa shape index (κ2) is 4.59. The molecule has 20 heavy (non-hydrogen) atoms. The van der Waals surface area contributed by atoms with Gasteiger partial charge in [-0.2, -0.15) is 18.3 Å². The van der Waals surface area contributed by atoms with Crippen LogP contribution in [0.3, 0.4) is 0 Å². The van der Waals surface area contributed by atoms with E-state index in [1.54, 1.807) is 12.3 Å². The molecule has 0 bridgehead atoms. The molecule has 0 amide bonds.